The minimum Gasteiger partial charge on any atom is -0.120 e. The first-order chi connectivity index (χ1) is 3.62. The van der Waals surface area contributed by atoms with Gasteiger partial charge < -0.3 is 0 Å². The molecule has 0 saturated heterocycles. The molecule has 0 N–H and O–H groups in total. The smallest absolute Gasteiger partial charge is 0.0264 e. The average molecular weight is 127 g/mol. The van der Waals surface area contributed by atoms with Crippen LogP contribution in [0.4, 0.5) is 0 Å². The summed E-state index contributed by atoms with van der Waals surface area (Å²) >= 11 is 4.77. The van der Waals surface area contributed by atoms with Crippen LogP contribution in [0.1, 0.15) is 20.3 Å². The number of hydrogen-bond donors (Lipinski definition) is 0. The molecule has 1 heteroatoms. The molecule has 0 atom stereocenters. The third-order valence-electron chi connectivity index (χ3n) is 1.12. The van der Waals surface area contributed by atoms with Crippen molar-refractivity contribution in [2.45, 2.75) is 20.3 Å². The number of hydrogen-bond acceptors (Lipinski definition) is 0. The van der Waals surface area contributed by atoms with Gasteiger partial charge in [0.2, 0.25) is 0 Å². The summed E-state index contributed by atoms with van der Waals surface area (Å²) in [6, 6.07) is 0. The zero-order chi connectivity index (χ0) is 6.62. The van der Waals surface area contributed by atoms with Gasteiger partial charge >= 0.3 is 0 Å². The van der Waals surface area contributed by atoms with E-state index in [1.165, 1.54) is 0 Å². The second kappa shape index (κ2) is 3.04. The molecule has 0 bridgehead atoms. The monoisotopic (exact) mass is 127 g/mol. The largest absolute Gasteiger partial charge is 0.120 e. The fourth-order valence-electron chi connectivity index (χ4n) is 0.327. The van der Waals surface area contributed by atoms with E-state index >= 15 is 0 Å². The molecule has 0 aromatic heterocycles. The molecule has 0 aromatic carbocycles. The van der Waals surface area contributed by atoms with E-state index in [1.807, 2.05) is 13.8 Å². The van der Waals surface area contributed by atoms with Crippen LogP contribution in [0.25, 0.3) is 0 Å². The molecule has 0 unspecified atom stereocenters. The van der Waals surface area contributed by atoms with Gasteiger partial charge in [0.25, 0.3) is 0 Å². The number of rotatable bonds is 2. The van der Waals surface area contributed by atoms with Gasteiger partial charge in [-0.3, -0.25) is 0 Å². The lowest BCUT2D eigenvalue weighted by atomic mass is 9.92. The van der Waals surface area contributed by atoms with E-state index in [4.69, 9.17) is 19.1 Å². The van der Waals surface area contributed by atoms with Crippen molar-refractivity contribution in [3.05, 3.63) is 0 Å². The lowest BCUT2D eigenvalue weighted by Crippen LogP contribution is -2.07. The van der Waals surface area contributed by atoms with Gasteiger partial charge in [0, 0.05) is 11.2 Å². The van der Waals surface area contributed by atoms with Gasteiger partial charge in [-0.1, -0.05) is 12.6 Å². The summed E-state index contributed by atoms with van der Waals surface area (Å²) in [5.41, 5.74) is 0.0156. The molecule has 0 aliphatic rings. The first kappa shape index (κ1) is 7.91. The Bertz CT molecular complexity index is 97.4. The van der Waals surface area contributed by atoms with Crippen LogP contribution in [0.5, 0.6) is 0 Å². The van der Waals surface area contributed by atoms with Crippen LogP contribution in [0.2, 0.25) is 0 Å². The highest BCUT2D eigenvalue weighted by atomic mass is 32.1. The second-order valence-corrected chi connectivity index (χ2v) is 2.89. The Morgan fingerprint density at radius 2 is 2.12 bits per heavy atom. The molecule has 0 spiro atoms. The third-order valence-corrected chi connectivity index (χ3v) is 1.32. The van der Waals surface area contributed by atoms with Crippen molar-refractivity contribution in [3.8, 4) is 12.3 Å². The standard InChI is InChI=1S/C7H11S/c1-4-7(2,3)5-6-8/h1H,5-6H2,2-3H3. The van der Waals surface area contributed by atoms with Crippen molar-refractivity contribution in [3.63, 3.8) is 0 Å². The summed E-state index contributed by atoms with van der Waals surface area (Å²) in [7, 11) is 0. The van der Waals surface area contributed by atoms with Gasteiger partial charge in [0.15, 0.2) is 0 Å². The van der Waals surface area contributed by atoms with Crippen molar-refractivity contribution in [2.75, 3.05) is 5.75 Å². The molecule has 0 aromatic rings. The maximum absolute atomic E-state index is 5.20. The number of terminal acetylenes is 1. The van der Waals surface area contributed by atoms with E-state index < -0.39 is 0 Å². The van der Waals surface area contributed by atoms with Gasteiger partial charge in [-0.2, -0.15) is 0 Å². The predicted molar refractivity (Wildman–Crippen MR) is 39.7 cm³/mol. The Morgan fingerprint density at radius 1 is 1.62 bits per heavy atom. The van der Waals surface area contributed by atoms with Crippen LogP contribution in [0.3, 0.4) is 0 Å². The van der Waals surface area contributed by atoms with E-state index in [-0.39, 0.29) is 5.41 Å². The summed E-state index contributed by atoms with van der Waals surface area (Å²) in [6.07, 6.45) is 6.14. The molecule has 45 valence electrons. The van der Waals surface area contributed by atoms with Crippen molar-refractivity contribution in [1.29, 1.82) is 0 Å². The highest BCUT2D eigenvalue weighted by molar-refractivity contribution is 7.80. The molecule has 0 aliphatic carbocycles. The van der Waals surface area contributed by atoms with Gasteiger partial charge in [-0.25, -0.2) is 0 Å². The molecule has 0 fully saturated rings. The van der Waals surface area contributed by atoms with Gasteiger partial charge in [0.1, 0.15) is 0 Å². The van der Waals surface area contributed by atoms with E-state index in [2.05, 4.69) is 5.92 Å². The summed E-state index contributed by atoms with van der Waals surface area (Å²) in [6.45, 7) is 4.05. The molecule has 1 radical (unpaired) electrons. The van der Waals surface area contributed by atoms with Crippen molar-refractivity contribution < 1.29 is 0 Å². The van der Waals surface area contributed by atoms with Crippen LogP contribution in [-0.4, -0.2) is 5.75 Å². The van der Waals surface area contributed by atoms with Crippen LogP contribution in [0, 0.1) is 17.8 Å². The molecule has 0 heterocycles. The Labute approximate surface area is 57.1 Å². The highest BCUT2D eigenvalue weighted by Gasteiger charge is 2.10. The van der Waals surface area contributed by atoms with Crippen molar-refractivity contribution in [1.82, 2.24) is 0 Å². The fourth-order valence-corrected chi connectivity index (χ4v) is 0.838. The van der Waals surface area contributed by atoms with E-state index in [0.717, 1.165) is 12.2 Å². The van der Waals surface area contributed by atoms with Crippen LogP contribution in [0.15, 0.2) is 0 Å². The Balaban J connectivity index is 3.59. The van der Waals surface area contributed by atoms with Crippen LogP contribution in [-0.2, 0) is 0 Å². The molecule has 0 nitrogen and oxygen atoms in total. The first-order valence-electron chi connectivity index (χ1n) is 2.68. The zero-order valence-electron chi connectivity index (χ0n) is 5.40. The first-order valence-corrected chi connectivity index (χ1v) is 3.26. The summed E-state index contributed by atoms with van der Waals surface area (Å²) in [5, 5.41) is 0. The Kier molecular flexibility index (Phi) is 3.01. The molecular weight excluding hydrogens is 116 g/mol. The maximum atomic E-state index is 5.20. The molecule has 0 aliphatic heterocycles. The molecule has 0 amide bonds. The third kappa shape index (κ3) is 2.98. The summed E-state index contributed by atoms with van der Waals surface area (Å²) < 4.78 is 0. The Morgan fingerprint density at radius 3 is 2.25 bits per heavy atom. The highest BCUT2D eigenvalue weighted by Crippen LogP contribution is 2.18. The molecular formula is C7H11S. The normalized spacial score (nSPS) is 10.8. The van der Waals surface area contributed by atoms with E-state index in [1.54, 1.807) is 0 Å². The minimum atomic E-state index is 0.0156. The summed E-state index contributed by atoms with van der Waals surface area (Å²) in [4.78, 5) is 0. The van der Waals surface area contributed by atoms with Crippen molar-refractivity contribution in [2.24, 2.45) is 5.41 Å². The Hall–Kier alpha value is -0.0900. The fraction of sp³-hybridized carbons (Fsp3) is 0.714. The van der Waals surface area contributed by atoms with Gasteiger partial charge in [0.05, 0.1) is 0 Å². The average Bonchev–Trinajstić information content (AvgIpc) is 1.67. The van der Waals surface area contributed by atoms with Gasteiger partial charge in [-0.05, 0) is 20.3 Å². The predicted octanol–water partition coefficient (Wildman–Crippen LogP) is 2.23. The second-order valence-electron chi connectivity index (χ2n) is 2.48. The molecule has 0 rings (SSSR count). The van der Waals surface area contributed by atoms with E-state index in [9.17, 15) is 0 Å². The lowest BCUT2D eigenvalue weighted by molar-refractivity contribution is 0.490. The summed E-state index contributed by atoms with van der Waals surface area (Å²) in [5.74, 6) is 3.44. The van der Waals surface area contributed by atoms with Crippen molar-refractivity contribution >= 4 is 12.6 Å². The molecule has 8 heavy (non-hydrogen) atoms. The topological polar surface area (TPSA) is 0 Å². The zero-order valence-corrected chi connectivity index (χ0v) is 6.22. The lowest BCUT2D eigenvalue weighted by Gasteiger charge is -2.13. The maximum Gasteiger partial charge on any atom is 0.0264 e. The minimum absolute atomic E-state index is 0.0156. The van der Waals surface area contributed by atoms with E-state index in [0.29, 0.717) is 0 Å². The quantitative estimate of drug-likeness (QED) is 0.499. The van der Waals surface area contributed by atoms with Crippen LogP contribution < -0.4 is 0 Å². The van der Waals surface area contributed by atoms with Gasteiger partial charge in [-0.15, -0.1) is 12.3 Å². The SMILES string of the molecule is C#CC(C)(C)CC[S]. The van der Waals surface area contributed by atoms with Crippen LogP contribution >= 0.6 is 12.6 Å². The molecule has 0 saturated carbocycles.